The number of hydrogen-bond acceptors (Lipinski definition) is 2. The molecule has 19 heavy (non-hydrogen) atoms. The maximum Gasteiger partial charge on any atom is 0.221 e. The van der Waals surface area contributed by atoms with Crippen molar-refractivity contribution >= 4 is 5.91 Å². The summed E-state index contributed by atoms with van der Waals surface area (Å²) >= 11 is 0. The van der Waals surface area contributed by atoms with E-state index >= 15 is 0 Å². The highest BCUT2D eigenvalue weighted by Crippen LogP contribution is 2.07. The quantitative estimate of drug-likeness (QED) is 0.829. The van der Waals surface area contributed by atoms with Gasteiger partial charge in [-0.1, -0.05) is 26.0 Å². The van der Waals surface area contributed by atoms with E-state index in [0.717, 1.165) is 5.56 Å². The van der Waals surface area contributed by atoms with E-state index in [1.165, 1.54) is 12.1 Å². The van der Waals surface area contributed by atoms with Crippen molar-refractivity contribution in [2.24, 2.45) is 11.7 Å². The van der Waals surface area contributed by atoms with Gasteiger partial charge in [-0.3, -0.25) is 4.79 Å². The second-order valence-corrected chi connectivity index (χ2v) is 5.41. The van der Waals surface area contributed by atoms with Gasteiger partial charge in [0, 0.05) is 18.5 Å². The summed E-state index contributed by atoms with van der Waals surface area (Å²) in [6.45, 7) is 5.93. The number of amides is 1. The number of benzene rings is 1. The van der Waals surface area contributed by atoms with Crippen LogP contribution >= 0.6 is 0 Å². The first kappa shape index (κ1) is 15.6. The second-order valence-electron chi connectivity index (χ2n) is 5.41. The fourth-order valence-electron chi connectivity index (χ4n) is 1.81. The van der Waals surface area contributed by atoms with Crippen LogP contribution in [0.5, 0.6) is 0 Å². The Morgan fingerprint density at radius 3 is 2.37 bits per heavy atom. The lowest BCUT2D eigenvalue weighted by atomic mass is 10.0. The van der Waals surface area contributed by atoms with Crippen LogP contribution in [0.2, 0.25) is 0 Å². The average Bonchev–Trinajstić information content (AvgIpc) is 2.31. The molecule has 0 spiro atoms. The van der Waals surface area contributed by atoms with Gasteiger partial charge >= 0.3 is 0 Å². The third-order valence-corrected chi connectivity index (χ3v) is 3.14. The van der Waals surface area contributed by atoms with Gasteiger partial charge in [-0.25, -0.2) is 4.39 Å². The molecule has 1 aromatic carbocycles. The van der Waals surface area contributed by atoms with Crippen molar-refractivity contribution in [3.8, 4) is 0 Å². The van der Waals surface area contributed by atoms with Crippen LogP contribution in [0.25, 0.3) is 0 Å². The summed E-state index contributed by atoms with van der Waals surface area (Å²) in [6, 6.07) is 6.22. The molecule has 2 unspecified atom stereocenters. The Labute approximate surface area is 114 Å². The fraction of sp³-hybridized carbons (Fsp3) is 0.533. The minimum atomic E-state index is -0.247. The SMILES string of the molecule is CC(Cc1ccc(F)cc1)NC(=O)CC(N)C(C)C. The molecule has 0 heterocycles. The first-order chi connectivity index (χ1) is 8.88. The van der Waals surface area contributed by atoms with Crippen LogP contribution in [-0.2, 0) is 11.2 Å². The van der Waals surface area contributed by atoms with Gasteiger partial charge in [-0.15, -0.1) is 0 Å². The van der Waals surface area contributed by atoms with Crippen LogP contribution in [0, 0.1) is 11.7 Å². The maximum atomic E-state index is 12.8. The van der Waals surface area contributed by atoms with Crippen molar-refractivity contribution < 1.29 is 9.18 Å². The molecule has 1 amide bonds. The highest BCUT2D eigenvalue weighted by atomic mass is 19.1. The normalized spacial score (nSPS) is 14.2. The van der Waals surface area contributed by atoms with E-state index in [9.17, 15) is 9.18 Å². The molecule has 0 aliphatic rings. The van der Waals surface area contributed by atoms with Crippen LogP contribution in [-0.4, -0.2) is 18.0 Å². The monoisotopic (exact) mass is 266 g/mol. The van der Waals surface area contributed by atoms with Crippen molar-refractivity contribution in [3.05, 3.63) is 35.6 Å². The molecule has 0 bridgehead atoms. The van der Waals surface area contributed by atoms with E-state index in [1.807, 2.05) is 20.8 Å². The number of carbonyl (C=O) groups excluding carboxylic acids is 1. The van der Waals surface area contributed by atoms with Gasteiger partial charge in [0.1, 0.15) is 5.82 Å². The Hall–Kier alpha value is -1.42. The molecule has 3 nitrogen and oxygen atoms in total. The number of rotatable bonds is 6. The summed E-state index contributed by atoms with van der Waals surface area (Å²) in [4.78, 5) is 11.8. The number of halogens is 1. The van der Waals surface area contributed by atoms with Crippen LogP contribution in [0.1, 0.15) is 32.8 Å². The van der Waals surface area contributed by atoms with Crippen LogP contribution in [0.15, 0.2) is 24.3 Å². The molecule has 1 rings (SSSR count). The molecule has 106 valence electrons. The van der Waals surface area contributed by atoms with E-state index in [-0.39, 0.29) is 29.7 Å². The zero-order chi connectivity index (χ0) is 14.4. The van der Waals surface area contributed by atoms with Gasteiger partial charge in [-0.2, -0.15) is 0 Å². The molecule has 2 atom stereocenters. The predicted octanol–water partition coefficient (Wildman–Crippen LogP) is 2.25. The molecular weight excluding hydrogens is 243 g/mol. The minimum Gasteiger partial charge on any atom is -0.353 e. The molecule has 3 N–H and O–H groups in total. The molecule has 0 aliphatic carbocycles. The van der Waals surface area contributed by atoms with E-state index in [4.69, 9.17) is 5.73 Å². The molecule has 0 saturated carbocycles. The van der Waals surface area contributed by atoms with Gasteiger partial charge in [0.2, 0.25) is 5.91 Å². The smallest absolute Gasteiger partial charge is 0.221 e. The number of nitrogens with one attached hydrogen (secondary N) is 1. The third kappa shape index (κ3) is 5.83. The Balaban J connectivity index is 2.40. The Morgan fingerprint density at radius 2 is 1.84 bits per heavy atom. The molecule has 0 aromatic heterocycles. The van der Waals surface area contributed by atoms with Crippen LogP contribution < -0.4 is 11.1 Å². The van der Waals surface area contributed by atoms with Gasteiger partial charge in [0.25, 0.3) is 0 Å². The first-order valence-corrected chi connectivity index (χ1v) is 6.68. The Morgan fingerprint density at radius 1 is 1.26 bits per heavy atom. The lowest BCUT2D eigenvalue weighted by Crippen LogP contribution is -2.39. The van der Waals surface area contributed by atoms with Crippen molar-refractivity contribution in [1.29, 1.82) is 0 Å². The minimum absolute atomic E-state index is 0.0114. The maximum absolute atomic E-state index is 12.8. The zero-order valence-corrected chi connectivity index (χ0v) is 11.8. The van der Waals surface area contributed by atoms with Crippen molar-refractivity contribution in [2.75, 3.05) is 0 Å². The molecule has 0 radical (unpaired) electrons. The molecule has 0 aliphatic heterocycles. The summed E-state index contributed by atoms with van der Waals surface area (Å²) in [5, 5.41) is 2.92. The summed E-state index contributed by atoms with van der Waals surface area (Å²) in [5.74, 6) is 0.0114. The molecule has 4 heteroatoms. The molecule has 1 aromatic rings. The summed E-state index contributed by atoms with van der Waals surface area (Å²) < 4.78 is 12.8. The van der Waals surface area contributed by atoms with Gasteiger partial charge in [0.15, 0.2) is 0 Å². The van der Waals surface area contributed by atoms with E-state index in [2.05, 4.69) is 5.32 Å². The van der Waals surface area contributed by atoms with Crippen molar-refractivity contribution in [1.82, 2.24) is 5.32 Å². The predicted molar refractivity (Wildman–Crippen MR) is 75.1 cm³/mol. The third-order valence-electron chi connectivity index (χ3n) is 3.14. The topological polar surface area (TPSA) is 55.1 Å². The largest absolute Gasteiger partial charge is 0.353 e. The Bertz CT molecular complexity index is 403. The van der Waals surface area contributed by atoms with Gasteiger partial charge < -0.3 is 11.1 Å². The van der Waals surface area contributed by atoms with Crippen molar-refractivity contribution in [3.63, 3.8) is 0 Å². The highest BCUT2D eigenvalue weighted by Gasteiger charge is 2.14. The van der Waals surface area contributed by atoms with E-state index in [0.29, 0.717) is 12.8 Å². The molecule has 0 fully saturated rings. The Kier molecular flexibility index (Phi) is 5.96. The second kappa shape index (κ2) is 7.24. The lowest BCUT2D eigenvalue weighted by Gasteiger charge is -2.18. The summed E-state index contributed by atoms with van der Waals surface area (Å²) in [6.07, 6.45) is 1.02. The number of hydrogen-bond donors (Lipinski definition) is 2. The average molecular weight is 266 g/mol. The zero-order valence-electron chi connectivity index (χ0n) is 11.8. The van der Waals surface area contributed by atoms with Crippen LogP contribution in [0.3, 0.4) is 0 Å². The van der Waals surface area contributed by atoms with Gasteiger partial charge in [0.05, 0.1) is 0 Å². The van der Waals surface area contributed by atoms with E-state index in [1.54, 1.807) is 12.1 Å². The first-order valence-electron chi connectivity index (χ1n) is 6.68. The highest BCUT2D eigenvalue weighted by molar-refractivity contribution is 5.76. The number of carbonyl (C=O) groups is 1. The van der Waals surface area contributed by atoms with Gasteiger partial charge in [-0.05, 0) is 37.0 Å². The standard InChI is InChI=1S/C15H23FN2O/c1-10(2)14(17)9-15(19)18-11(3)8-12-4-6-13(16)7-5-12/h4-7,10-11,14H,8-9,17H2,1-3H3,(H,18,19). The fourth-order valence-corrected chi connectivity index (χ4v) is 1.81. The molecular formula is C15H23FN2O. The lowest BCUT2D eigenvalue weighted by molar-refractivity contribution is -0.122. The number of nitrogens with two attached hydrogens (primary N) is 1. The van der Waals surface area contributed by atoms with E-state index < -0.39 is 0 Å². The summed E-state index contributed by atoms with van der Waals surface area (Å²) in [7, 11) is 0. The van der Waals surface area contributed by atoms with Crippen molar-refractivity contribution in [2.45, 2.75) is 45.7 Å². The van der Waals surface area contributed by atoms with Crippen LogP contribution in [0.4, 0.5) is 4.39 Å². The molecule has 0 saturated heterocycles. The summed E-state index contributed by atoms with van der Waals surface area (Å²) in [5.41, 5.74) is 6.86.